The Labute approximate surface area is 91.8 Å². The lowest BCUT2D eigenvalue weighted by atomic mass is 10.2. The minimum atomic E-state index is 0.802. The topological polar surface area (TPSA) is 30.5 Å². The number of hydrogen-bond acceptors (Lipinski definition) is 3. The third kappa shape index (κ3) is 4.78. The third-order valence-corrected chi connectivity index (χ3v) is 2.81. The van der Waals surface area contributed by atoms with Gasteiger partial charge in [-0.15, -0.1) is 0 Å². The molecule has 1 heterocycles. The van der Waals surface area contributed by atoms with E-state index < -0.39 is 0 Å². The first-order valence-electron chi connectivity index (χ1n) is 5.99. The molecule has 1 saturated carbocycles. The van der Waals surface area contributed by atoms with Crippen LogP contribution in [0.1, 0.15) is 19.3 Å². The fourth-order valence-corrected chi connectivity index (χ4v) is 1.66. The van der Waals surface area contributed by atoms with Crippen molar-refractivity contribution in [3.05, 3.63) is 11.6 Å². The highest BCUT2D eigenvalue weighted by molar-refractivity contribution is 5.06. The van der Waals surface area contributed by atoms with Crippen molar-refractivity contribution >= 4 is 0 Å². The van der Waals surface area contributed by atoms with Gasteiger partial charge in [0.1, 0.15) is 0 Å². The van der Waals surface area contributed by atoms with Crippen LogP contribution in [0.2, 0.25) is 0 Å². The number of hydrogen-bond donors (Lipinski definition) is 1. The molecule has 0 unspecified atom stereocenters. The average molecular weight is 211 g/mol. The van der Waals surface area contributed by atoms with E-state index in [0.29, 0.717) is 0 Å². The summed E-state index contributed by atoms with van der Waals surface area (Å²) in [5.41, 5.74) is 1.38. The van der Waals surface area contributed by atoms with Gasteiger partial charge in [-0.1, -0.05) is 6.08 Å². The van der Waals surface area contributed by atoms with E-state index >= 15 is 0 Å². The van der Waals surface area contributed by atoms with Crippen molar-refractivity contribution in [2.75, 3.05) is 39.5 Å². The molecule has 1 aliphatic carbocycles. The van der Waals surface area contributed by atoms with Gasteiger partial charge in [0.05, 0.1) is 19.8 Å². The van der Waals surface area contributed by atoms with Crippen LogP contribution in [0.5, 0.6) is 0 Å². The predicted molar refractivity (Wildman–Crippen MR) is 59.9 cm³/mol. The second-order valence-corrected chi connectivity index (χ2v) is 4.40. The van der Waals surface area contributed by atoms with Crippen molar-refractivity contribution in [3.63, 3.8) is 0 Å². The van der Waals surface area contributed by atoms with E-state index in [4.69, 9.17) is 9.47 Å². The molecule has 0 aromatic heterocycles. The fourth-order valence-electron chi connectivity index (χ4n) is 1.66. The van der Waals surface area contributed by atoms with Gasteiger partial charge in [-0.25, -0.2) is 0 Å². The first-order valence-corrected chi connectivity index (χ1v) is 5.99. The van der Waals surface area contributed by atoms with Crippen LogP contribution in [-0.2, 0) is 9.47 Å². The molecular weight excluding hydrogens is 190 g/mol. The monoisotopic (exact) mass is 211 g/mol. The van der Waals surface area contributed by atoms with Crippen LogP contribution in [-0.4, -0.2) is 39.5 Å². The van der Waals surface area contributed by atoms with Gasteiger partial charge in [0.25, 0.3) is 0 Å². The van der Waals surface area contributed by atoms with Crippen LogP contribution in [0.15, 0.2) is 11.6 Å². The molecule has 0 aromatic rings. The molecule has 2 aliphatic rings. The molecule has 3 nitrogen and oxygen atoms in total. The second-order valence-electron chi connectivity index (χ2n) is 4.40. The van der Waals surface area contributed by atoms with Crippen LogP contribution in [0.25, 0.3) is 0 Å². The Morgan fingerprint density at radius 3 is 3.13 bits per heavy atom. The lowest BCUT2D eigenvalue weighted by Gasteiger charge is -2.14. The number of nitrogens with one attached hydrogen (secondary N) is 1. The summed E-state index contributed by atoms with van der Waals surface area (Å²) in [7, 11) is 0. The van der Waals surface area contributed by atoms with Gasteiger partial charge in [-0.3, -0.25) is 0 Å². The Morgan fingerprint density at radius 2 is 2.40 bits per heavy atom. The second kappa shape index (κ2) is 6.26. The summed E-state index contributed by atoms with van der Waals surface area (Å²) in [4.78, 5) is 0. The van der Waals surface area contributed by atoms with E-state index in [-0.39, 0.29) is 0 Å². The Kier molecular flexibility index (Phi) is 4.64. The molecule has 0 radical (unpaired) electrons. The summed E-state index contributed by atoms with van der Waals surface area (Å²) in [5, 5.41) is 3.38. The van der Waals surface area contributed by atoms with Crippen molar-refractivity contribution in [3.8, 4) is 0 Å². The van der Waals surface area contributed by atoms with Gasteiger partial charge in [0.2, 0.25) is 0 Å². The highest BCUT2D eigenvalue weighted by Gasteiger charge is 2.20. The maximum atomic E-state index is 5.53. The Bertz CT molecular complexity index is 212. The van der Waals surface area contributed by atoms with Crippen molar-refractivity contribution in [1.29, 1.82) is 0 Å². The Morgan fingerprint density at radius 1 is 1.47 bits per heavy atom. The molecule has 0 bridgehead atoms. The van der Waals surface area contributed by atoms with Crippen LogP contribution < -0.4 is 5.32 Å². The zero-order valence-electron chi connectivity index (χ0n) is 9.34. The van der Waals surface area contributed by atoms with Crippen LogP contribution in [0.4, 0.5) is 0 Å². The van der Waals surface area contributed by atoms with Gasteiger partial charge < -0.3 is 14.8 Å². The van der Waals surface area contributed by atoms with E-state index in [2.05, 4.69) is 11.4 Å². The first kappa shape index (κ1) is 11.1. The molecule has 1 fully saturated rings. The van der Waals surface area contributed by atoms with E-state index in [1.54, 1.807) is 0 Å². The van der Waals surface area contributed by atoms with Crippen molar-refractivity contribution < 1.29 is 9.47 Å². The smallest absolute Gasteiger partial charge is 0.0689 e. The molecule has 15 heavy (non-hydrogen) atoms. The van der Waals surface area contributed by atoms with E-state index in [1.807, 2.05) is 0 Å². The van der Waals surface area contributed by atoms with Crippen molar-refractivity contribution in [1.82, 2.24) is 5.32 Å². The minimum absolute atomic E-state index is 0.802. The quantitative estimate of drug-likeness (QED) is 0.509. The molecular formula is C12H21NO2. The fraction of sp³-hybridized carbons (Fsp3) is 0.833. The van der Waals surface area contributed by atoms with Gasteiger partial charge in [0, 0.05) is 19.7 Å². The molecule has 3 heteroatoms. The van der Waals surface area contributed by atoms with Gasteiger partial charge in [0.15, 0.2) is 0 Å². The van der Waals surface area contributed by atoms with Crippen LogP contribution in [0.3, 0.4) is 0 Å². The molecule has 0 amide bonds. The number of rotatable bonds is 7. The first-order chi connectivity index (χ1) is 7.45. The molecule has 0 saturated heterocycles. The highest BCUT2D eigenvalue weighted by atomic mass is 16.5. The van der Waals surface area contributed by atoms with Crippen LogP contribution in [0, 0.1) is 5.92 Å². The lowest BCUT2D eigenvalue weighted by molar-refractivity contribution is 0.125. The molecule has 1 N–H and O–H groups in total. The van der Waals surface area contributed by atoms with Gasteiger partial charge in [-0.05, 0) is 30.8 Å². The van der Waals surface area contributed by atoms with Gasteiger partial charge >= 0.3 is 0 Å². The lowest BCUT2D eigenvalue weighted by Crippen LogP contribution is -2.25. The molecule has 1 aliphatic heterocycles. The Balaban J connectivity index is 1.41. The SMILES string of the molecule is C1=C(CNCCOCC2CC2)COCC1. The van der Waals surface area contributed by atoms with Gasteiger partial charge in [-0.2, -0.15) is 0 Å². The summed E-state index contributed by atoms with van der Waals surface area (Å²) in [6, 6.07) is 0. The zero-order valence-corrected chi connectivity index (χ0v) is 9.34. The predicted octanol–water partition coefficient (Wildman–Crippen LogP) is 1.35. The summed E-state index contributed by atoms with van der Waals surface area (Å²) < 4.78 is 10.9. The van der Waals surface area contributed by atoms with E-state index in [9.17, 15) is 0 Å². The van der Waals surface area contributed by atoms with Crippen molar-refractivity contribution in [2.24, 2.45) is 5.92 Å². The summed E-state index contributed by atoms with van der Waals surface area (Å²) in [6.45, 7) is 5.39. The van der Waals surface area contributed by atoms with Crippen LogP contribution >= 0.6 is 0 Å². The van der Waals surface area contributed by atoms with E-state index in [0.717, 1.165) is 51.9 Å². The molecule has 2 rings (SSSR count). The third-order valence-electron chi connectivity index (χ3n) is 2.81. The molecule has 86 valence electrons. The zero-order chi connectivity index (χ0) is 10.3. The largest absolute Gasteiger partial charge is 0.380 e. The molecule has 0 aromatic carbocycles. The summed E-state index contributed by atoms with van der Waals surface area (Å²) in [6.07, 6.45) is 6.09. The molecule has 0 atom stereocenters. The summed E-state index contributed by atoms with van der Waals surface area (Å²) >= 11 is 0. The average Bonchev–Trinajstić information content (AvgIpc) is 3.09. The Hall–Kier alpha value is -0.380. The summed E-state index contributed by atoms with van der Waals surface area (Å²) in [5.74, 6) is 0.874. The normalized spacial score (nSPS) is 21.5. The minimum Gasteiger partial charge on any atom is -0.380 e. The van der Waals surface area contributed by atoms with Crippen molar-refractivity contribution in [2.45, 2.75) is 19.3 Å². The standard InChI is InChI=1S/C12H21NO2/c1-2-12(10-14-6-1)8-13-5-7-15-9-11-3-4-11/h2,11,13H,1,3-10H2. The number of ether oxygens (including phenoxy) is 2. The highest BCUT2D eigenvalue weighted by Crippen LogP contribution is 2.28. The maximum absolute atomic E-state index is 5.53. The van der Waals surface area contributed by atoms with E-state index in [1.165, 1.54) is 18.4 Å². The molecule has 0 spiro atoms. The maximum Gasteiger partial charge on any atom is 0.0689 e.